The summed E-state index contributed by atoms with van der Waals surface area (Å²) in [4.78, 5) is 21.6. The van der Waals surface area contributed by atoms with Crippen LogP contribution in [0.1, 0.15) is 44.1 Å². The Morgan fingerprint density at radius 2 is 1.58 bits per heavy atom. The van der Waals surface area contributed by atoms with Crippen molar-refractivity contribution in [3.05, 3.63) is 35.4 Å². The Morgan fingerprint density at radius 1 is 0.962 bits per heavy atom. The van der Waals surface area contributed by atoms with Crippen LogP contribution < -0.4 is 9.80 Å². The van der Waals surface area contributed by atoms with Gasteiger partial charge >= 0.3 is 0 Å². The third-order valence-electron chi connectivity index (χ3n) is 5.53. The van der Waals surface area contributed by atoms with Crippen LogP contribution in [0.15, 0.2) is 12.7 Å². The standard InChI is InChI=1S/C19H25FN6/c1-11-12(2)21-9-23-17(11)25-7-13-6-14(8-25)26(13)18-15(20)16(19(3,4)5)22-10-24-18/h9-10,13-14H,6-8H2,1-5H3. The van der Waals surface area contributed by atoms with Crippen LogP contribution in [0.2, 0.25) is 0 Å². The van der Waals surface area contributed by atoms with Gasteiger partial charge in [-0.1, -0.05) is 20.8 Å². The van der Waals surface area contributed by atoms with Gasteiger partial charge in [0.2, 0.25) is 0 Å². The molecule has 0 amide bonds. The molecule has 2 unspecified atom stereocenters. The molecule has 6 nitrogen and oxygen atoms in total. The first-order chi connectivity index (χ1) is 12.3. The topological polar surface area (TPSA) is 58.0 Å². The molecule has 2 aromatic rings. The van der Waals surface area contributed by atoms with Gasteiger partial charge in [-0.2, -0.15) is 0 Å². The van der Waals surface area contributed by atoms with E-state index in [2.05, 4.69) is 36.7 Å². The first-order valence-electron chi connectivity index (χ1n) is 9.10. The summed E-state index contributed by atoms with van der Waals surface area (Å²) in [6.07, 6.45) is 4.17. The van der Waals surface area contributed by atoms with Crippen LogP contribution in [-0.4, -0.2) is 45.1 Å². The Balaban J connectivity index is 1.60. The molecule has 0 aromatic carbocycles. The lowest BCUT2D eigenvalue weighted by Crippen LogP contribution is -2.70. The molecule has 0 radical (unpaired) electrons. The fourth-order valence-electron chi connectivity index (χ4n) is 4.04. The van der Waals surface area contributed by atoms with Crippen LogP contribution in [0.4, 0.5) is 16.0 Å². The average Bonchev–Trinajstić information content (AvgIpc) is 2.58. The van der Waals surface area contributed by atoms with Crippen molar-refractivity contribution in [1.29, 1.82) is 0 Å². The quantitative estimate of drug-likeness (QED) is 0.825. The third kappa shape index (κ3) is 2.61. The predicted molar refractivity (Wildman–Crippen MR) is 99.1 cm³/mol. The monoisotopic (exact) mass is 356 g/mol. The highest BCUT2D eigenvalue weighted by molar-refractivity contribution is 5.55. The van der Waals surface area contributed by atoms with Gasteiger partial charge in [0.05, 0.1) is 17.8 Å². The van der Waals surface area contributed by atoms with E-state index < -0.39 is 0 Å². The molecule has 7 heteroatoms. The third-order valence-corrected chi connectivity index (χ3v) is 5.53. The smallest absolute Gasteiger partial charge is 0.187 e. The molecule has 3 aliphatic rings. The largest absolute Gasteiger partial charge is 0.352 e. The van der Waals surface area contributed by atoms with Crippen molar-refractivity contribution in [2.45, 2.75) is 58.5 Å². The molecule has 3 aliphatic heterocycles. The molecule has 3 fully saturated rings. The van der Waals surface area contributed by atoms with Crippen LogP contribution >= 0.6 is 0 Å². The van der Waals surface area contributed by atoms with E-state index in [-0.39, 0.29) is 23.3 Å². The second-order valence-corrected chi connectivity index (χ2v) is 8.37. The van der Waals surface area contributed by atoms with Gasteiger partial charge in [-0.25, -0.2) is 24.3 Å². The molecule has 0 saturated carbocycles. The van der Waals surface area contributed by atoms with Crippen LogP contribution in [0.3, 0.4) is 0 Å². The molecule has 0 aliphatic carbocycles. The van der Waals surface area contributed by atoms with E-state index in [0.29, 0.717) is 11.5 Å². The van der Waals surface area contributed by atoms with Crippen molar-refractivity contribution in [2.24, 2.45) is 0 Å². The molecule has 5 rings (SSSR count). The zero-order chi connectivity index (χ0) is 18.6. The molecule has 138 valence electrons. The van der Waals surface area contributed by atoms with Gasteiger partial charge in [0.15, 0.2) is 11.6 Å². The summed E-state index contributed by atoms with van der Waals surface area (Å²) in [5.74, 6) is 1.16. The van der Waals surface area contributed by atoms with E-state index in [4.69, 9.17) is 0 Å². The number of piperidine rings is 1. The fraction of sp³-hybridized carbons (Fsp3) is 0.579. The number of anilines is 2. The van der Waals surface area contributed by atoms with Crippen molar-refractivity contribution in [3.8, 4) is 0 Å². The van der Waals surface area contributed by atoms with Crippen LogP contribution in [0, 0.1) is 19.7 Å². The van der Waals surface area contributed by atoms with Gasteiger partial charge in [0.25, 0.3) is 0 Å². The van der Waals surface area contributed by atoms with Crippen LogP contribution in [0.5, 0.6) is 0 Å². The predicted octanol–water partition coefficient (Wildman–Crippen LogP) is 2.79. The maximum Gasteiger partial charge on any atom is 0.187 e. The number of piperazine rings is 1. The van der Waals surface area contributed by atoms with Gasteiger partial charge in [-0.3, -0.25) is 0 Å². The molecule has 2 atom stereocenters. The number of aryl methyl sites for hydroxylation is 1. The SMILES string of the molecule is Cc1ncnc(N2CC3CC(C2)N3c2ncnc(C(C)(C)C)c2F)c1C. The molecule has 3 saturated heterocycles. The van der Waals surface area contributed by atoms with Crippen LogP contribution in [0.25, 0.3) is 0 Å². The number of hydrogen-bond donors (Lipinski definition) is 0. The Kier molecular flexibility index (Phi) is 3.86. The second-order valence-electron chi connectivity index (χ2n) is 8.37. The Labute approximate surface area is 153 Å². The molecule has 0 N–H and O–H groups in total. The number of halogens is 1. The number of fused-ring (bicyclic) bond motifs is 2. The highest BCUT2D eigenvalue weighted by Crippen LogP contribution is 2.40. The summed E-state index contributed by atoms with van der Waals surface area (Å²) in [5.41, 5.74) is 2.25. The minimum absolute atomic E-state index is 0.251. The summed E-state index contributed by atoms with van der Waals surface area (Å²) < 4.78 is 15.1. The molecule has 2 aromatic heterocycles. The molecular formula is C19H25FN6. The molecule has 0 spiro atoms. The van der Waals surface area contributed by atoms with E-state index in [9.17, 15) is 0 Å². The van der Waals surface area contributed by atoms with Crippen molar-refractivity contribution in [1.82, 2.24) is 19.9 Å². The normalized spacial score (nSPS) is 22.4. The number of nitrogens with zero attached hydrogens (tertiary/aromatic N) is 6. The first kappa shape index (κ1) is 17.1. The molecular weight excluding hydrogens is 331 g/mol. The Hall–Kier alpha value is -2.31. The van der Waals surface area contributed by atoms with Gasteiger partial charge in [-0.15, -0.1) is 0 Å². The minimum atomic E-state index is -0.344. The maximum absolute atomic E-state index is 15.1. The summed E-state index contributed by atoms with van der Waals surface area (Å²) in [6, 6.07) is 0.501. The Bertz CT molecular complexity index is 834. The van der Waals surface area contributed by atoms with E-state index >= 15 is 4.39 Å². The first-order valence-corrected chi connectivity index (χ1v) is 9.10. The van der Waals surface area contributed by atoms with E-state index in [1.165, 1.54) is 6.33 Å². The van der Waals surface area contributed by atoms with Crippen molar-refractivity contribution < 1.29 is 4.39 Å². The van der Waals surface area contributed by atoms with E-state index in [0.717, 1.165) is 36.6 Å². The highest BCUT2D eigenvalue weighted by atomic mass is 19.1. The fourth-order valence-corrected chi connectivity index (χ4v) is 4.04. The van der Waals surface area contributed by atoms with Crippen molar-refractivity contribution in [3.63, 3.8) is 0 Å². The minimum Gasteiger partial charge on any atom is -0.352 e. The van der Waals surface area contributed by atoms with E-state index in [1.807, 2.05) is 27.7 Å². The van der Waals surface area contributed by atoms with Gasteiger partial charge in [-0.05, 0) is 20.3 Å². The van der Waals surface area contributed by atoms with Gasteiger partial charge in [0.1, 0.15) is 18.5 Å². The zero-order valence-corrected chi connectivity index (χ0v) is 16.0. The van der Waals surface area contributed by atoms with E-state index in [1.54, 1.807) is 6.33 Å². The molecule has 2 bridgehead atoms. The lowest BCUT2D eigenvalue weighted by atomic mass is 9.86. The van der Waals surface area contributed by atoms with Gasteiger partial charge < -0.3 is 9.80 Å². The maximum atomic E-state index is 15.1. The zero-order valence-electron chi connectivity index (χ0n) is 16.0. The van der Waals surface area contributed by atoms with Crippen LogP contribution in [-0.2, 0) is 5.41 Å². The molecule has 26 heavy (non-hydrogen) atoms. The lowest BCUT2D eigenvalue weighted by molar-refractivity contribution is 0.282. The summed E-state index contributed by atoms with van der Waals surface area (Å²) in [6.45, 7) is 11.6. The number of rotatable bonds is 2. The highest BCUT2D eigenvalue weighted by Gasteiger charge is 2.47. The van der Waals surface area contributed by atoms with Crippen molar-refractivity contribution >= 4 is 11.6 Å². The summed E-state index contributed by atoms with van der Waals surface area (Å²) in [5, 5.41) is 0. The number of hydrogen-bond acceptors (Lipinski definition) is 6. The number of aromatic nitrogens is 4. The summed E-state index contributed by atoms with van der Waals surface area (Å²) >= 11 is 0. The van der Waals surface area contributed by atoms with Crippen molar-refractivity contribution in [2.75, 3.05) is 22.9 Å². The second kappa shape index (κ2) is 5.86. The average molecular weight is 356 g/mol. The summed E-state index contributed by atoms with van der Waals surface area (Å²) in [7, 11) is 0. The molecule has 5 heterocycles. The lowest BCUT2D eigenvalue weighted by Gasteiger charge is -2.57. The Morgan fingerprint density at radius 3 is 2.23 bits per heavy atom. The van der Waals surface area contributed by atoms with Gasteiger partial charge in [0, 0.05) is 29.8 Å².